The molecule has 0 saturated heterocycles. The monoisotopic (exact) mass is 267 g/mol. The Labute approximate surface area is 111 Å². The standard InChI is InChI=1S/C13H17NO5/c1-18-10-6-3-9(4-7-10)5-8-11(12(15)16)14-13(17)19-2/h3-4,6-7,11H,5,8H2,1-2H3,(H,14,17)(H,15,16)/t11-/m0/s1. The summed E-state index contributed by atoms with van der Waals surface area (Å²) >= 11 is 0. The number of amides is 1. The van der Waals surface area contributed by atoms with Gasteiger partial charge in [0.25, 0.3) is 0 Å². The second kappa shape index (κ2) is 7.25. The summed E-state index contributed by atoms with van der Waals surface area (Å²) in [5.74, 6) is -0.342. The summed E-state index contributed by atoms with van der Waals surface area (Å²) < 4.78 is 9.42. The zero-order chi connectivity index (χ0) is 14.3. The van der Waals surface area contributed by atoms with Crippen LogP contribution in [0.1, 0.15) is 12.0 Å². The number of aliphatic carboxylic acids is 1. The van der Waals surface area contributed by atoms with Crippen molar-refractivity contribution in [1.29, 1.82) is 0 Å². The van der Waals surface area contributed by atoms with E-state index in [-0.39, 0.29) is 6.42 Å². The first kappa shape index (κ1) is 14.8. The molecule has 6 heteroatoms. The molecule has 6 nitrogen and oxygen atoms in total. The first-order valence-corrected chi connectivity index (χ1v) is 5.77. The van der Waals surface area contributed by atoms with Gasteiger partial charge in [0.05, 0.1) is 14.2 Å². The predicted molar refractivity (Wildman–Crippen MR) is 68.3 cm³/mol. The van der Waals surface area contributed by atoms with Crippen molar-refractivity contribution in [3.05, 3.63) is 29.8 Å². The van der Waals surface area contributed by atoms with Crippen molar-refractivity contribution in [3.8, 4) is 5.75 Å². The number of nitrogens with one attached hydrogen (secondary N) is 1. The van der Waals surface area contributed by atoms with Gasteiger partial charge in [-0.3, -0.25) is 0 Å². The van der Waals surface area contributed by atoms with Gasteiger partial charge in [-0.1, -0.05) is 12.1 Å². The summed E-state index contributed by atoms with van der Waals surface area (Å²) in [4.78, 5) is 22.0. The third-order valence-electron chi connectivity index (χ3n) is 2.66. The van der Waals surface area contributed by atoms with E-state index >= 15 is 0 Å². The Kier molecular flexibility index (Phi) is 5.66. The zero-order valence-electron chi connectivity index (χ0n) is 10.9. The maximum absolute atomic E-state index is 11.0. The molecular weight excluding hydrogens is 250 g/mol. The van der Waals surface area contributed by atoms with E-state index in [1.165, 1.54) is 7.11 Å². The van der Waals surface area contributed by atoms with Gasteiger partial charge in [-0.15, -0.1) is 0 Å². The zero-order valence-corrected chi connectivity index (χ0v) is 10.9. The molecule has 0 spiro atoms. The molecule has 0 saturated carbocycles. The lowest BCUT2D eigenvalue weighted by atomic mass is 10.1. The SMILES string of the molecule is COC(=O)N[C@@H](CCc1ccc(OC)cc1)C(=O)O. The number of ether oxygens (including phenoxy) is 2. The van der Waals surface area contributed by atoms with Crippen molar-refractivity contribution in [2.24, 2.45) is 0 Å². The molecule has 1 amide bonds. The van der Waals surface area contributed by atoms with Crippen molar-refractivity contribution < 1.29 is 24.2 Å². The Hall–Kier alpha value is -2.24. The van der Waals surface area contributed by atoms with Crippen LogP contribution in [0.5, 0.6) is 5.75 Å². The maximum Gasteiger partial charge on any atom is 0.407 e. The largest absolute Gasteiger partial charge is 0.497 e. The van der Waals surface area contributed by atoms with E-state index in [9.17, 15) is 9.59 Å². The Bertz CT molecular complexity index is 429. The maximum atomic E-state index is 11.0. The minimum Gasteiger partial charge on any atom is -0.497 e. The number of hydrogen-bond donors (Lipinski definition) is 2. The first-order chi connectivity index (χ1) is 9.06. The topological polar surface area (TPSA) is 84.9 Å². The van der Waals surface area contributed by atoms with Crippen LogP contribution >= 0.6 is 0 Å². The highest BCUT2D eigenvalue weighted by molar-refractivity contribution is 5.79. The normalized spacial score (nSPS) is 11.5. The van der Waals surface area contributed by atoms with Gasteiger partial charge >= 0.3 is 12.1 Å². The fourth-order valence-corrected chi connectivity index (χ4v) is 1.56. The number of carboxylic acids is 1. The van der Waals surface area contributed by atoms with Crippen LogP contribution in [0.15, 0.2) is 24.3 Å². The lowest BCUT2D eigenvalue weighted by molar-refractivity contribution is -0.139. The molecule has 1 rings (SSSR count). The highest BCUT2D eigenvalue weighted by Crippen LogP contribution is 2.13. The molecule has 19 heavy (non-hydrogen) atoms. The molecule has 1 atom stereocenters. The molecule has 0 radical (unpaired) electrons. The smallest absolute Gasteiger partial charge is 0.407 e. The van der Waals surface area contributed by atoms with E-state index in [2.05, 4.69) is 10.1 Å². The highest BCUT2D eigenvalue weighted by Gasteiger charge is 2.19. The van der Waals surface area contributed by atoms with Gasteiger partial charge in [0.15, 0.2) is 0 Å². The third-order valence-corrected chi connectivity index (χ3v) is 2.66. The molecule has 0 heterocycles. The van der Waals surface area contributed by atoms with Crippen molar-refractivity contribution in [3.63, 3.8) is 0 Å². The van der Waals surface area contributed by atoms with Gasteiger partial charge in [-0.2, -0.15) is 0 Å². The minimum absolute atomic E-state index is 0.288. The van der Waals surface area contributed by atoms with E-state index in [0.717, 1.165) is 11.3 Å². The number of benzene rings is 1. The molecule has 0 aromatic heterocycles. The lowest BCUT2D eigenvalue weighted by Crippen LogP contribution is -2.41. The van der Waals surface area contributed by atoms with Crippen molar-refractivity contribution in [2.45, 2.75) is 18.9 Å². The van der Waals surface area contributed by atoms with Crippen LogP contribution in [-0.2, 0) is 16.0 Å². The minimum atomic E-state index is -1.08. The van der Waals surface area contributed by atoms with Crippen LogP contribution in [0.25, 0.3) is 0 Å². The van der Waals surface area contributed by atoms with Crippen LogP contribution < -0.4 is 10.1 Å². The number of carbonyl (C=O) groups is 2. The summed E-state index contributed by atoms with van der Waals surface area (Å²) in [5, 5.41) is 11.3. The fraction of sp³-hybridized carbons (Fsp3) is 0.385. The van der Waals surface area contributed by atoms with Crippen molar-refractivity contribution in [2.75, 3.05) is 14.2 Å². The average Bonchev–Trinajstić information content (AvgIpc) is 2.43. The predicted octanol–water partition coefficient (Wildman–Crippen LogP) is 1.44. The van der Waals surface area contributed by atoms with E-state index in [4.69, 9.17) is 9.84 Å². The van der Waals surface area contributed by atoms with E-state index in [1.807, 2.05) is 12.1 Å². The van der Waals surface area contributed by atoms with E-state index in [1.54, 1.807) is 19.2 Å². The van der Waals surface area contributed by atoms with Gasteiger partial charge in [0, 0.05) is 0 Å². The summed E-state index contributed by atoms with van der Waals surface area (Å²) in [6.07, 6.45) is 0.0731. The van der Waals surface area contributed by atoms with Gasteiger partial charge in [0.1, 0.15) is 11.8 Å². The molecule has 0 aliphatic carbocycles. The Morgan fingerprint density at radius 3 is 2.37 bits per heavy atom. The summed E-state index contributed by atoms with van der Waals surface area (Å²) in [7, 11) is 2.77. The van der Waals surface area contributed by atoms with Crippen LogP contribution in [0.2, 0.25) is 0 Å². The second-order valence-corrected chi connectivity index (χ2v) is 3.91. The summed E-state index contributed by atoms with van der Waals surface area (Å²) in [6.45, 7) is 0. The molecule has 0 unspecified atom stereocenters. The van der Waals surface area contributed by atoms with Gasteiger partial charge in [0.2, 0.25) is 0 Å². The highest BCUT2D eigenvalue weighted by atomic mass is 16.5. The molecule has 0 aliphatic heterocycles. The quantitative estimate of drug-likeness (QED) is 0.814. The van der Waals surface area contributed by atoms with E-state index < -0.39 is 18.1 Å². The number of alkyl carbamates (subject to hydrolysis) is 1. The molecule has 0 aliphatic rings. The molecular formula is C13H17NO5. The number of carbonyl (C=O) groups excluding carboxylic acids is 1. The molecule has 104 valence electrons. The molecule has 0 bridgehead atoms. The van der Waals surface area contributed by atoms with Crippen LogP contribution in [0.3, 0.4) is 0 Å². The Balaban J connectivity index is 2.55. The number of rotatable bonds is 6. The van der Waals surface area contributed by atoms with Crippen molar-refractivity contribution in [1.82, 2.24) is 5.32 Å². The Morgan fingerprint density at radius 1 is 1.26 bits per heavy atom. The first-order valence-electron chi connectivity index (χ1n) is 5.77. The third kappa shape index (κ3) is 4.87. The van der Waals surface area contributed by atoms with Crippen molar-refractivity contribution >= 4 is 12.1 Å². The van der Waals surface area contributed by atoms with Crippen LogP contribution in [0, 0.1) is 0 Å². The van der Waals surface area contributed by atoms with Gasteiger partial charge in [-0.25, -0.2) is 9.59 Å². The molecule has 1 aromatic carbocycles. The van der Waals surface area contributed by atoms with Crippen LogP contribution in [0.4, 0.5) is 4.79 Å². The van der Waals surface area contributed by atoms with E-state index in [0.29, 0.717) is 6.42 Å². The fourth-order valence-electron chi connectivity index (χ4n) is 1.56. The Morgan fingerprint density at radius 2 is 1.89 bits per heavy atom. The second-order valence-electron chi connectivity index (χ2n) is 3.91. The molecule has 2 N–H and O–H groups in total. The van der Waals surface area contributed by atoms with Gasteiger partial charge in [-0.05, 0) is 30.5 Å². The van der Waals surface area contributed by atoms with Crippen LogP contribution in [-0.4, -0.2) is 37.4 Å². The summed E-state index contributed by atoms with van der Waals surface area (Å²) in [6, 6.07) is 6.36. The number of hydrogen-bond acceptors (Lipinski definition) is 4. The summed E-state index contributed by atoms with van der Waals surface area (Å²) in [5.41, 5.74) is 0.971. The average molecular weight is 267 g/mol. The van der Waals surface area contributed by atoms with Gasteiger partial charge < -0.3 is 19.9 Å². The number of methoxy groups -OCH3 is 2. The lowest BCUT2D eigenvalue weighted by Gasteiger charge is -2.13. The molecule has 1 aromatic rings. The number of aryl methyl sites for hydroxylation is 1. The number of carboxylic acid groups (broad SMARTS) is 1. The molecule has 0 fully saturated rings.